The molecule has 0 heterocycles. The van der Waals surface area contributed by atoms with Crippen LogP contribution in [0.2, 0.25) is 0 Å². The van der Waals surface area contributed by atoms with Gasteiger partial charge in [0.2, 0.25) is 0 Å². The molecular formula is C10H12BNO2. The van der Waals surface area contributed by atoms with E-state index in [2.05, 4.69) is 5.92 Å². The summed E-state index contributed by atoms with van der Waals surface area (Å²) in [4.78, 5) is 0. The summed E-state index contributed by atoms with van der Waals surface area (Å²) >= 11 is 0. The van der Waals surface area contributed by atoms with E-state index >= 15 is 0 Å². The van der Waals surface area contributed by atoms with Crippen LogP contribution in [0.3, 0.4) is 0 Å². The Morgan fingerprint density at radius 3 is 2.57 bits per heavy atom. The van der Waals surface area contributed by atoms with Gasteiger partial charge in [0.25, 0.3) is 0 Å². The molecule has 3 nitrogen and oxygen atoms in total. The number of nitrogens with two attached hydrogens (primary N) is 1. The molecule has 1 aromatic carbocycles. The fourth-order valence-corrected chi connectivity index (χ4v) is 1.31. The highest BCUT2D eigenvalue weighted by atomic mass is 16.4. The van der Waals surface area contributed by atoms with E-state index in [-0.39, 0.29) is 0 Å². The molecule has 0 aliphatic heterocycles. The Morgan fingerprint density at radius 1 is 1.50 bits per heavy atom. The summed E-state index contributed by atoms with van der Waals surface area (Å²) in [6.07, 6.45) is 5.29. The highest BCUT2D eigenvalue weighted by molar-refractivity contribution is 6.58. The van der Waals surface area contributed by atoms with E-state index in [0.29, 0.717) is 17.6 Å². The molecule has 0 amide bonds. The smallest absolute Gasteiger partial charge is 0.423 e. The molecule has 0 unspecified atom stereocenters. The lowest BCUT2D eigenvalue weighted by molar-refractivity contribution is 0.425. The van der Waals surface area contributed by atoms with Crippen molar-refractivity contribution in [2.24, 2.45) is 5.73 Å². The van der Waals surface area contributed by atoms with Crippen molar-refractivity contribution < 1.29 is 10.0 Å². The standard InChI is InChI=1S/C10H12BNO2/c1-3-8-4-10(11(13)14)5-9(6-12)7(8)2/h1,4-5,13-14H,6,12H2,2H3. The van der Waals surface area contributed by atoms with Crippen molar-refractivity contribution in [1.29, 1.82) is 0 Å². The van der Waals surface area contributed by atoms with Gasteiger partial charge in [-0.05, 0) is 29.6 Å². The van der Waals surface area contributed by atoms with Gasteiger partial charge in [-0.2, -0.15) is 0 Å². The minimum Gasteiger partial charge on any atom is -0.423 e. The molecule has 1 aromatic rings. The van der Waals surface area contributed by atoms with E-state index in [1.165, 1.54) is 0 Å². The predicted octanol–water partition coefficient (Wildman–Crippen LogP) is -0.885. The van der Waals surface area contributed by atoms with E-state index < -0.39 is 7.12 Å². The van der Waals surface area contributed by atoms with Crippen molar-refractivity contribution in [3.63, 3.8) is 0 Å². The van der Waals surface area contributed by atoms with Gasteiger partial charge >= 0.3 is 7.12 Å². The summed E-state index contributed by atoms with van der Waals surface area (Å²) in [5.41, 5.74) is 8.29. The average molecular weight is 189 g/mol. The molecule has 0 radical (unpaired) electrons. The number of hydrogen-bond acceptors (Lipinski definition) is 3. The van der Waals surface area contributed by atoms with Crippen LogP contribution >= 0.6 is 0 Å². The van der Waals surface area contributed by atoms with Crippen molar-refractivity contribution >= 4 is 12.6 Å². The van der Waals surface area contributed by atoms with Crippen LogP contribution in [0.15, 0.2) is 12.1 Å². The summed E-state index contributed by atoms with van der Waals surface area (Å²) in [6.45, 7) is 2.20. The van der Waals surface area contributed by atoms with Crippen molar-refractivity contribution in [2.45, 2.75) is 13.5 Å². The monoisotopic (exact) mass is 189 g/mol. The van der Waals surface area contributed by atoms with Crippen molar-refractivity contribution in [2.75, 3.05) is 0 Å². The second-order valence-electron chi connectivity index (χ2n) is 3.07. The predicted molar refractivity (Wildman–Crippen MR) is 56.8 cm³/mol. The van der Waals surface area contributed by atoms with Crippen molar-refractivity contribution in [3.8, 4) is 12.3 Å². The molecule has 1 rings (SSSR count). The van der Waals surface area contributed by atoms with Crippen LogP contribution in [0.4, 0.5) is 0 Å². The second kappa shape index (κ2) is 4.29. The quantitative estimate of drug-likeness (QED) is 0.417. The first kappa shape index (κ1) is 10.8. The fourth-order valence-electron chi connectivity index (χ4n) is 1.31. The lowest BCUT2D eigenvalue weighted by atomic mass is 9.77. The van der Waals surface area contributed by atoms with Gasteiger partial charge in [-0.25, -0.2) is 0 Å². The first-order valence-electron chi connectivity index (χ1n) is 4.26. The lowest BCUT2D eigenvalue weighted by Crippen LogP contribution is -2.31. The molecule has 0 spiro atoms. The van der Waals surface area contributed by atoms with Crippen LogP contribution in [0.5, 0.6) is 0 Å². The van der Waals surface area contributed by atoms with Gasteiger partial charge in [0, 0.05) is 12.1 Å². The number of hydrogen-bond donors (Lipinski definition) is 3. The third-order valence-electron chi connectivity index (χ3n) is 2.21. The van der Waals surface area contributed by atoms with E-state index in [1.54, 1.807) is 12.1 Å². The molecular weight excluding hydrogens is 177 g/mol. The zero-order chi connectivity index (χ0) is 10.7. The molecule has 0 fully saturated rings. The fraction of sp³-hybridized carbons (Fsp3) is 0.200. The van der Waals surface area contributed by atoms with E-state index in [0.717, 1.165) is 11.1 Å². The van der Waals surface area contributed by atoms with Crippen LogP contribution in [0, 0.1) is 19.3 Å². The molecule has 14 heavy (non-hydrogen) atoms. The maximum atomic E-state index is 9.00. The third-order valence-corrected chi connectivity index (χ3v) is 2.21. The summed E-state index contributed by atoms with van der Waals surface area (Å²) in [6, 6.07) is 3.24. The SMILES string of the molecule is C#Cc1cc(B(O)O)cc(CN)c1C. The molecule has 0 aliphatic carbocycles. The Kier molecular flexibility index (Phi) is 3.31. The van der Waals surface area contributed by atoms with E-state index in [9.17, 15) is 0 Å². The number of benzene rings is 1. The highest BCUT2D eigenvalue weighted by Crippen LogP contribution is 2.10. The van der Waals surface area contributed by atoms with Gasteiger partial charge in [0.05, 0.1) is 0 Å². The van der Waals surface area contributed by atoms with Crippen LogP contribution in [-0.4, -0.2) is 17.2 Å². The molecule has 4 N–H and O–H groups in total. The maximum absolute atomic E-state index is 9.00. The first-order valence-corrected chi connectivity index (χ1v) is 4.26. The largest absolute Gasteiger partial charge is 0.488 e. The van der Waals surface area contributed by atoms with E-state index in [1.807, 2.05) is 6.92 Å². The maximum Gasteiger partial charge on any atom is 0.488 e. The van der Waals surface area contributed by atoms with Crippen LogP contribution in [0.25, 0.3) is 0 Å². The summed E-state index contributed by atoms with van der Waals surface area (Å²) < 4.78 is 0. The Balaban J connectivity index is 3.34. The molecule has 4 heteroatoms. The molecule has 0 aromatic heterocycles. The Morgan fingerprint density at radius 2 is 2.14 bits per heavy atom. The number of rotatable bonds is 2. The lowest BCUT2D eigenvalue weighted by Gasteiger charge is -2.09. The Labute approximate surface area is 83.7 Å². The number of terminal acetylenes is 1. The minimum atomic E-state index is -1.51. The summed E-state index contributed by atoms with van der Waals surface area (Å²) in [5.74, 6) is 2.49. The highest BCUT2D eigenvalue weighted by Gasteiger charge is 2.14. The van der Waals surface area contributed by atoms with Crippen LogP contribution in [-0.2, 0) is 6.54 Å². The van der Waals surface area contributed by atoms with Gasteiger partial charge in [-0.3, -0.25) is 0 Å². The second-order valence-corrected chi connectivity index (χ2v) is 3.07. The Hall–Kier alpha value is -1.28. The molecule has 0 saturated carbocycles. The van der Waals surface area contributed by atoms with E-state index in [4.69, 9.17) is 22.2 Å². The summed E-state index contributed by atoms with van der Waals surface area (Å²) in [7, 11) is -1.51. The van der Waals surface area contributed by atoms with Crippen LogP contribution in [0.1, 0.15) is 16.7 Å². The Bertz CT molecular complexity index is 382. The van der Waals surface area contributed by atoms with Gasteiger partial charge in [0.15, 0.2) is 0 Å². The van der Waals surface area contributed by atoms with Gasteiger partial charge in [-0.15, -0.1) is 6.42 Å². The molecule has 0 aliphatic rings. The molecule has 0 bridgehead atoms. The van der Waals surface area contributed by atoms with Gasteiger partial charge in [-0.1, -0.05) is 12.0 Å². The zero-order valence-corrected chi connectivity index (χ0v) is 7.99. The van der Waals surface area contributed by atoms with Crippen molar-refractivity contribution in [3.05, 3.63) is 28.8 Å². The topological polar surface area (TPSA) is 66.5 Å². The normalized spacial score (nSPS) is 9.64. The molecule has 0 atom stereocenters. The minimum absolute atomic E-state index is 0.334. The van der Waals surface area contributed by atoms with Gasteiger partial charge in [0.1, 0.15) is 0 Å². The van der Waals surface area contributed by atoms with Crippen LogP contribution < -0.4 is 11.2 Å². The van der Waals surface area contributed by atoms with Gasteiger partial charge < -0.3 is 15.8 Å². The first-order chi connectivity index (χ1) is 6.60. The third kappa shape index (κ3) is 1.96. The zero-order valence-electron chi connectivity index (χ0n) is 7.99. The molecule has 0 saturated heterocycles. The molecule has 72 valence electrons. The summed E-state index contributed by atoms with van der Waals surface area (Å²) in [5, 5.41) is 18.0. The van der Waals surface area contributed by atoms with Crippen molar-refractivity contribution in [1.82, 2.24) is 0 Å². The average Bonchev–Trinajstić information content (AvgIpc) is 2.17.